The van der Waals surface area contributed by atoms with Crippen LogP contribution in [0.25, 0.3) is 0 Å². The zero-order valence-corrected chi connectivity index (χ0v) is 16.5. The number of aliphatic hydroxyl groups is 1. The number of anilines is 2. The number of aliphatic hydroxyl groups excluding tert-OH is 1. The van der Waals surface area contributed by atoms with Crippen LogP contribution in [0.1, 0.15) is 18.1 Å². The lowest BCUT2D eigenvalue weighted by Crippen LogP contribution is -2.29. The van der Waals surface area contributed by atoms with Crippen LogP contribution in [0, 0.1) is 0 Å². The average molecular weight is 425 g/mol. The van der Waals surface area contributed by atoms with Crippen LogP contribution in [-0.4, -0.2) is 32.8 Å². The standard InChI is InChI=1S/C17H19N3O6S2/c1-2-27(23,24)18-14-6-4-3-5-13(14)9-12-7-8-15(16(21)10-12)20-11-17(22)19-28(20,25)26/h3-8,10-11,18-19,21-22H,2,9H2,1H3. The second-order valence-electron chi connectivity index (χ2n) is 6.08. The maximum Gasteiger partial charge on any atom is 0.330 e. The summed E-state index contributed by atoms with van der Waals surface area (Å²) in [5.41, 5.74) is 1.74. The van der Waals surface area contributed by atoms with Gasteiger partial charge in [0, 0.05) is 0 Å². The molecule has 4 N–H and O–H groups in total. The van der Waals surface area contributed by atoms with Gasteiger partial charge in [-0.15, -0.1) is 0 Å². The fourth-order valence-corrected chi connectivity index (χ4v) is 4.43. The summed E-state index contributed by atoms with van der Waals surface area (Å²) in [5.74, 6) is -0.920. The van der Waals surface area contributed by atoms with Gasteiger partial charge < -0.3 is 10.2 Å². The van der Waals surface area contributed by atoms with Crippen LogP contribution in [0.15, 0.2) is 54.5 Å². The second-order valence-corrected chi connectivity index (χ2v) is 9.64. The molecule has 0 fully saturated rings. The number of phenols is 1. The number of aromatic hydroxyl groups is 1. The van der Waals surface area contributed by atoms with Crippen LogP contribution in [0.5, 0.6) is 5.75 Å². The molecule has 3 rings (SSSR count). The molecule has 0 bridgehead atoms. The molecule has 0 saturated heterocycles. The normalized spacial score (nSPS) is 15.8. The minimum atomic E-state index is -4.01. The van der Waals surface area contributed by atoms with Crippen molar-refractivity contribution in [3.63, 3.8) is 0 Å². The first kappa shape index (κ1) is 19.8. The fraction of sp³-hybridized carbons (Fsp3) is 0.176. The van der Waals surface area contributed by atoms with E-state index in [-0.39, 0.29) is 17.2 Å². The topological polar surface area (TPSA) is 136 Å². The molecule has 11 heteroatoms. The van der Waals surface area contributed by atoms with Crippen LogP contribution < -0.4 is 13.7 Å². The van der Waals surface area contributed by atoms with E-state index in [4.69, 9.17) is 0 Å². The number of hydrogen-bond donors (Lipinski definition) is 4. The molecule has 1 aliphatic rings. The van der Waals surface area contributed by atoms with Gasteiger partial charge in [0.1, 0.15) is 11.4 Å². The fourth-order valence-electron chi connectivity index (χ4n) is 2.69. The molecule has 2 aromatic rings. The summed E-state index contributed by atoms with van der Waals surface area (Å²) in [4.78, 5) is 0. The van der Waals surface area contributed by atoms with Gasteiger partial charge >= 0.3 is 10.2 Å². The molecule has 0 atom stereocenters. The molecular formula is C17H19N3O6S2. The van der Waals surface area contributed by atoms with E-state index in [1.807, 2.05) is 4.72 Å². The summed E-state index contributed by atoms with van der Waals surface area (Å²) in [6, 6.07) is 11.3. The Bertz CT molecular complexity index is 1140. The van der Waals surface area contributed by atoms with Gasteiger partial charge in [0.15, 0.2) is 0 Å². The third-order valence-corrected chi connectivity index (χ3v) is 6.64. The highest BCUT2D eigenvalue weighted by atomic mass is 32.2. The minimum Gasteiger partial charge on any atom is -0.506 e. The third kappa shape index (κ3) is 4.15. The number of nitrogens with one attached hydrogen (secondary N) is 2. The Balaban J connectivity index is 1.89. The Morgan fingerprint density at radius 1 is 1.14 bits per heavy atom. The molecule has 9 nitrogen and oxygen atoms in total. The van der Waals surface area contributed by atoms with E-state index in [0.29, 0.717) is 23.2 Å². The van der Waals surface area contributed by atoms with E-state index in [2.05, 4.69) is 4.72 Å². The number of benzene rings is 2. The van der Waals surface area contributed by atoms with Gasteiger partial charge in [-0.2, -0.15) is 8.42 Å². The van der Waals surface area contributed by atoms with Gasteiger partial charge in [-0.3, -0.25) is 4.72 Å². The SMILES string of the molecule is CCS(=O)(=O)Nc1ccccc1Cc1ccc(N2C=C(O)NS2(=O)=O)c(O)c1. The van der Waals surface area contributed by atoms with Crippen molar-refractivity contribution in [3.8, 4) is 5.75 Å². The van der Waals surface area contributed by atoms with Gasteiger partial charge in [0.05, 0.1) is 17.6 Å². The van der Waals surface area contributed by atoms with Gasteiger partial charge in [0.25, 0.3) is 0 Å². The molecule has 2 aromatic carbocycles. The smallest absolute Gasteiger partial charge is 0.330 e. The molecule has 1 aliphatic heterocycles. The largest absolute Gasteiger partial charge is 0.506 e. The lowest BCUT2D eigenvalue weighted by Gasteiger charge is -2.16. The number of nitrogens with zero attached hydrogens (tertiary/aromatic N) is 1. The van der Waals surface area contributed by atoms with Crippen molar-refractivity contribution in [2.75, 3.05) is 14.8 Å². The Hall–Kier alpha value is -2.92. The van der Waals surface area contributed by atoms with E-state index >= 15 is 0 Å². The highest BCUT2D eigenvalue weighted by molar-refractivity contribution is 7.92. The maximum atomic E-state index is 11.9. The Morgan fingerprint density at radius 2 is 1.86 bits per heavy atom. The number of hydrogen-bond acceptors (Lipinski definition) is 6. The molecule has 0 amide bonds. The molecule has 1 heterocycles. The predicted octanol–water partition coefficient (Wildman–Crippen LogP) is 1.76. The average Bonchev–Trinajstić information content (AvgIpc) is 2.89. The highest BCUT2D eigenvalue weighted by Crippen LogP contribution is 2.33. The Morgan fingerprint density at radius 3 is 2.46 bits per heavy atom. The van der Waals surface area contributed by atoms with Crippen molar-refractivity contribution >= 4 is 31.6 Å². The van der Waals surface area contributed by atoms with E-state index in [9.17, 15) is 27.0 Å². The molecule has 28 heavy (non-hydrogen) atoms. The number of rotatable bonds is 6. The summed E-state index contributed by atoms with van der Waals surface area (Å²) in [6.45, 7) is 1.54. The summed E-state index contributed by atoms with van der Waals surface area (Å²) >= 11 is 0. The molecule has 0 aromatic heterocycles. The maximum absolute atomic E-state index is 11.9. The molecule has 0 radical (unpaired) electrons. The summed E-state index contributed by atoms with van der Waals surface area (Å²) < 4.78 is 52.7. The summed E-state index contributed by atoms with van der Waals surface area (Å²) in [7, 11) is -7.45. The molecule has 0 unspecified atom stereocenters. The first-order valence-corrected chi connectivity index (χ1v) is 11.3. The highest BCUT2D eigenvalue weighted by Gasteiger charge is 2.30. The predicted molar refractivity (Wildman–Crippen MR) is 106 cm³/mol. The first-order valence-electron chi connectivity index (χ1n) is 8.24. The van der Waals surface area contributed by atoms with Crippen molar-refractivity contribution in [1.29, 1.82) is 0 Å². The number of phenolic OH excluding ortho intramolecular Hbond substituents is 1. The Labute approximate surface area is 163 Å². The molecule has 150 valence electrons. The lowest BCUT2D eigenvalue weighted by atomic mass is 10.0. The number of para-hydroxylation sites is 1. The lowest BCUT2D eigenvalue weighted by molar-refractivity contribution is 0.392. The van der Waals surface area contributed by atoms with Crippen LogP contribution in [-0.2, 0) is 26.7 Å². The van der Waals surface area contributed by atoms with Crippen LogP contribution in [0.3, 0.4) is 0 Å². The Kier molecular flexibility index (Phi) is 5.13. The second kappa shape index (κ2) is 7.24. The molecular weight excluding hydrogens is 406 g/mol. The summed E-state index contributed by atoms with van der Waals surface area (Å²) in [5, 5.41) is 19.7. The monoisotopic (exact) mass is 425 g/mol. The van der Waals surface area contributed by atoms with Crippen molar-refractivity contribution in [3.05, 3.63) is 65.7 Å². The van der Waals surface area contributed by atoms with Crippen molar-refractivity contribution < 1.29 is 27.0 Å². The quantitative estimate of drug-likeness (QED) is 0.557. The molecule has 0 saturated carbocycles. The van der Waals surface area contributed by atoms with Crippen molar-refractivity contribution in [2.45, 2.75) is 13.3 Å². The van der Waals surface area contributed by atoms with E-state index in [0.717, 1.165) is 10.5 Å². The van der Waals surface area contributed by atoms with Crippen LogP contribution in [0.4, 0.5) is 11.4 Å². The van der Waals surface area contributed by atoms with E-state index in [1.54, 1.807) is 30.3 Å². The number of sulfonamides is 1. The van der Waals surface area contributed by atoms with Crippen LogP contribution in [0.2, 0.25) is 0 Å². The first-order chi connectivity index (χ1) is 13.1. The molecule has 0 spiro atoms. The molecule has 0 aliphatic carbocycles. The zero-order valence-electron chi connectivity index (χ0n) is 14.8. The minimum absolute atomic E-state index is 0.0275. The van der Waals surface area contributed by atoms with Gasteiger partial charge in [-0.1, -0.05) is 24.3 Å². The third-order valence-electron chi connectivity index (χ3n) is 4.07. The zero-order chi connectivity index (χ0) is 20.5. The van der Waals surface area contributed by atoms with Crippen LogP contribution >= 0.6 is 0 Å². The van der Waals surface area contributed by atoms with Gasteiger partial charge in [0.2, 0.25) is 15.9 Å². The van der Waals surface area contributed by atoms with Gasteiger partial charge in [-0.05, 0) is 42.7 Å². The van der Waals surface area contributed by atoms with Gasteiger partial charge in [-0.25, -0.2) is 17.4 Å². The summed E-state index contributed by atoms with van der Waals surface area (Å²) in [6.07, 6.45) is 1.25. The van der Waals surface area contributed by atoms with Crippen molar-refractivity contribution in [2.24, 2.45) is 0 Å². The van der Waals surface area contributed by atoms with E-state index in [1.165, 1.54) is 19.1 Å². The van der Waals surface area contributed by atoms with Crippen molar-refractivity contribution in [1.82, 2.24) is 4.72 Å². The van der Waals surface area contributed by atoms with E-state index < -0.39 is 26.1 Å².